The van der Waals surface area contributed by atoms with E-state index in [2.05, 4.69) is 62.4 Å². The fraction of sp³-hybridized carbons (Fsp3) is 0.200. The Morgan fingerprint density at radius 1 is 0.913 bits per heavy atom. The van der Waals surface area contributed by atoms with Gasteiger partial charge in [0.25, 0.3) is 0 Å². The molecule has 2 aromatic rings. The Balaban J connectivity index is 0.000000284. The van der Waals surface area contributed by atoms with Crippen LogP contribution in [0.3, 0.4) is 0 Å². The fourth-order valence-corrected chi connectivity index (χ4v) is 4.24. The molecule has 0 spiro atoms. The van der Waals surface area contributed by atoms with Crippen molar-refractivity contribution >= 4 is 10.1 Å². The molecule has 0 heterocycles. The van der Waals surface area contributed by atoms with Crippen molar-refractivity contribution < 1.29 is 47.3 Å². The Bertz CT molecular complexity index is 715. The molecule has 2 rings (SSSR count). The minimum absolute atomic E-state index is 0.00484. The van der Waals surface area contributed by atoms with Crippen LogP contribution in [0.5, 0.6) is 0 Å². The van der Waals surface area contributed by atoms with Gasteiger partial charge in [-0.15, -0.1) is 0 Å². The third kappa shape index (κ3) is 7.32. The Labute approximate surface area is 143 Å². The molecular weight excluding hydrogens is 444 g/mol. The summed E-state index contributed by atoms with van der Waals surface area (Å²) in [5, 5.41) is 0. The summed E-state index contributed by atoms with van der Waals surface area (Å²) in [4.78, 5) is 0. The molecule has 0 amide bonds. The monoisotopic (exact) mass is 458 g/mol. The van der Waals surface area contributed by atoms with Gasteiger partial charge in [0.1, 0.15) is 0 Å². The van der Waals surface area contributed by atoms with Gasteiger partial charge < -0.3 is 4.55 Å². The molecule has 23 heavy (non-hydrogen) atoms. The van der Waals surface area contributed by atoms with Gasteiger partial charge in [-0.25, -0.2) is 8.42 Å². The van der Waals surface area contributed by atoms with Crippen molar-refractivity contribution in [3.8, 4) is 0 Å². The van der Waals surface area contributed by atoms with E-state index in [0.29, 0.717) is 0 Å². The molecule has 2 aromatic carbocycles. The van der Waals surface area contributed by atoms with E-state index in [4.69, 9.17) is 13.0 Å². The van der Waals surface area contributed by atoms with E-state index in [-0.39, 0.29) is 21.2 Å². The van der Waals surface area contributed by atoms with Crippen LogP contribution in [0.2, 0.25) is 0 Å². The van der Waals surface area contributed by atoms with Crippen molar-refractivity contribution in [3.63, 3.8) is 0 Å². The molecule has 126 valence electrons. The summed E-state index contributed by atoms with van der Waals surface area (Å²) >= 11 is -0.00484. The second-order valence-corrected chi connectivity index (χ2v) is 8.99. The average Bonchev–Trinajstić information content (AvgIpc) is 2.37. The maximum absolute atomic E-state index is 10.7. The van der Waals surface area contributed by atoms with E-state index in [1.54, 1.807) is 0 Å². The van der Waals surface area contributed by atoms with Crippen molar-refractivity contribution in [2.45, 2.75) is 19.4 Å². The predicted molar refractivity (Wildman–Crippen MR) is 75.5 cm³/mol. The first-order chi connectivity index (χ1) is 10.5. The second-order valence-electron chi connectivity index (χ2n) is 4.59. The third-order valence-corrected chi connectivity index (χ3v) is 5.62. The molecular formula is C15H14F3IO3S. The minimum atomic E-state index is -6.09. The molecule has 0 fully saturated rings. The smallest absolute Gasteiger partial charge is 0.485 e. The van der Waals surface area contributed by atoms with E-state index in [1.807, 2.05) is 0 Å². The van der Waals surface area contributed by atoms with Crippen molar-refractivity contribution in [2.75, 3.05) is 0 Å². The fourth-order valence-electron chi connectivity index (χ4n) is 1.45. The standard InChI is InChI=1S/C14H14I.CHF3O3S/c1-11-5-3-7-13(9-11)15-14-8-4-6-12(2)10-14;2-1(3,4)8(5,6)7/h3-10H,1-2H3;(H,5,6,7)/q+1;/p-1. The van der Waals surface area contributed by atoms with Gasteiger partial charge in [0.05, 0.1) is 0 Å². The number of hydrogen-bond donors (Lipinski definition) is 0. The first-order valence-electron chi connectivity index (χ1n) is 6.29. The lowest BCUT2D eigenvalue weighted by Gasteiger charge is -2.08. The molecule has 0 unspecified atom stereocenters. The van der Waals surface area contributed by atoms with Gasteiger partial charge in [-0.1, -0.05) is 24.3 Å². The molecule has 8 heteroatoms. The van der Waals surface area contributed by atoms with Crippen LogP contribution in [0.15, 0.2) is 48.5 Å². The minimum Gasteiger partial charge on any atom is -0.741 e. The topological polar surface area (TPSA) is 57.2 Å². The molecule has 0 bridgehead atoms. The number of aryl methyl sites for hydroxylation is 2. The van der Waals surface area contributed by atoms with Crippen LogP contribution in [0, 0.1) is 21.0 Å². The van der Waals surface area contributed by atoms with Gasteiger partial charge in [0, 0.05) is 0 Å². The van der Waals surface area contributed by atoms with E-state index in [0.717, 1.165) is 0 Å². The van der Waals surface area contributed by atoms with Crippen LogP contribution in [0.4, 0.5) is 13.2 Å². The summed E-state index contributed by atoms with van der Waals surface area (Å²) in [6, 6.07) is 17.7. The molecule has 0 radical (unpaired) electrons. The molecule has 0 saturated carbocycles. The third-order valence-electron chi connectivity index (χ3n) is 2.46. The molecule has 0 aliphatic rings. The molecule has 0 aliphatic heterocycles. The molecule has 0 aliphatic carbocycles. The van der Waals surface area contributed by atoms with Gasteiger partial charge in [0.2, 0.25) is 0 Å². The lowest BCUT2D eigenvalue weighted by atomic mass is 10.2. The van der Waals surface area contributed by atoms with E-state index < -0.39 is 15.6 Å². The van der Waals surface area contributed by atoms with Crippen LogP contribution in [-0.2, 0) is 10.1 Å². The number of hydrogen-bond acceptors (Lipinski definition) is 3. The molecule has 0 aromatic heterocycles. The molecule has 3 nitrogen and oxygen atoms in total. The molecule has 0 saturated heterocycles. The van der Waals surface area contributed by atoms with E-state index >= 15 is 0 Å². The van der Waals surface area contributed by atoms with Crippen LogP contribution < -0.4 is 21.2 Å². The lowest BCUT2D eigenvalue weighted by molar-refractivity contribution is -0.597. The quantitative estimate of drug-likeness (QED) is 0.374. The Hall–Kier alpha value is -1.13. The van der Waals surface area contributed by atoms with Crippen molar-refractivity contribution in [1.29, 1.82) is 0 Å². The van der Waals surface area contributed by atoms with Gasteiger partial charge in [-0.2, -0.15) is 13.2 Å². The zero-order valence-electron chi connectivity index (χ0n) is 12.3. The molecule has 0 N–H and O–H groups in total. The summed E-state index contributed by atoms with van der Waals surface area (Å²) in [5.74, 6) is 0. The zero-order chi connectivity index (χ0) is 17.7. The summed E-state index contributed by atoms with van der Waals surface area (Å²) in [6.45, 7) is 4.31. The van der Waals surface area contributed by atoms with Gasteiger partial charge in [-0.3, -0.25) is 0 Å². The highest BCUT2D eigenvalue weighted by atomic mass is 127. The number of alkyl halides is 3. The first-order valence-corrected chi connectivity index (χ1v) is 9.86. The van der Waals surface area contributed by atoms with Crippen LogP contribution in [0.1, 0.15) is 11.1 Å². The highest BCUT2D eigenvalue weighted by molar-refractivity contribution is 7.86. The summed E-state index contributed by atoms with van der Waals surface area (Å²) in [5.41, 5.74) is -2.92. The predicted octanol–water partition coefficient (Wildman–Crippen LogP) is 0.483. The highest BCUT2D eigenvalue weighted by Crippen LogP contribution is 2.20. The van der Waals surface area contributed by atoms with E-state index in [1.165, 1.54) is 18.3 Å². The summed E-state index contributed by atoms with van der Waals surface area (Å²) < 4.78 is 61.9. The Kier molecular flexibility index (Phi) is 7.02. The van der Waals surface area contributed by atoms with Crippen molar-refractivity contribution in [2.24, 2.45) is 0 Å². The van der Waals surface area contributed by atoms with Crippen LogP contribution in [0.25, 0.3) is 0 Å². The Morgan fingerprint density at radius 3 is 1.52 bits per heavy atom. The number of benzene rings is 2. The average molecular weight is 458 g/mol. The molecule has 0 atom stereocenters. The highest BCUT2D eigenvalue weighted by Gasteiger charge is 2.36. The lowest BCUT2D eigenvalue weighted by Crippen LogP contribution is -3.61. The maximum atomic E-state index is 10.7. The largest absolute Gasteiger partial charge is 0.741 e. The SMILES string of the molecule is Cc1cccc([I+]c2cccc(C)c2)c1.O=S(=O)([O-])C(F)(F)F. The van der Waals surface area contributed by atoms with Gasteiger partial charge >= 0.3 is 26.7 Å². The second kappa shape index (κ2) is 8.11. The summed E-state index contributed by atoms with van der Waals surface area (Å²) in [6.07, 6.45) is 0. The van der Waals surface area contributed by atoms with Crippen molar-refractivity contribution in [3.05, 3.63) is 66.8 Å². The maximum Gasteiger partial charge on any atom is 0.485 e. The number of halogens is 4. The summed E-state index contributed by atoms with van der Waals surface area (Å²) in [7, 11) is -6.09. The van der Waals surface area contributed by atoms with E-state index in [9.17, 15) is 13.2 Å². The first kappa shape index (κ1) is 19.9. The van der Waals surface area contributed by atoms with Gasteiger partial charge in [0.15, 0.2) is 17.3 Å². The van der Waals surface area contributed by atoms with Crippen LogP contribution in [-0.4, -0.2) is 18.5 Å². The Morgan fingerprint density at radius 2 is 1.26 bits per heavy atom. The normalized spacial score (nSPS) is 11.6. The van der Waals surface area contributed by atoms with Gasteiger partial charge in [-0.05, 0) is 49.2 Å². The van der Waals surface area contributed by atoms with Crippen molar-refractivity contribution in [1.82, 2.24) is 0 Å². The van der Waals surface area contributed by atoms with Crippen LogP contribution >= 0.6 is 0 Å². The number of rotatable bonds is 2. The zero-order valence-corrected chi connectivity index (χ0v) is 15.2.